The van der Waals surface area contributed by atoms with Crippen LogP contribution in [0.25, 0.3) is 0 Å². The van der Waals surface area contributed by atoms with Crippen LogP contribution in [0, 0.1) is 17.0 Å². The third-order valence-electron chi connectivity index (χ3n) is 5.07. The van der Waals surface area contributed by atoms with Gasteiger partial charge in [0, 0.05) is 38.3 Å². The molecule has 160 valence electrons. The Morgan fingerprint density at radius 1 is 1.03 bits per heavy atom. The number of sulfonamides is 1. The van der Waals surface area contributed by atoms with Gasteiger partial charge in [-0.25, -0.2) is 17.5 Å². The first-order valence-corrected chi connectivity index (χ1v) is 10.9. The summed E-state index contributed by atoms with van der Waals surface area (Å²) in [6.45, 7) is 3.80. The van der Waals surface area contributed by atoms with Crippen molar-refractivity contribution in [1.29, 1.82) is 0 Å². The number of nitro groups is 1. The molecule has 0 spiro atoms. The van der Waals surface area contributed by atoms with Crippen molar-refractivity contribution in [2.45, 2.75) is 18.4 Å². The molecule has 2 aromatic carbocycles. The Hall–Kier alpha value is -2.98. The summed E-state index contributed by atoms with van der Waals surface area (Å²) >= 11 is 0. The molecule has 0 aliphatic carbocycles. The van der Waals surface area contributed by atoms with E-state index in [0.717, 1.165) is 9.87 Å². The molecule has 1 saturated heterocycles. The van der Waals surface area contributed by atoms with Crippen LogP contribution in [0.1, 0.15) is 11.1 Å². The molecule has 0 aromatic heterocycles. The molecule has 10 heteroatoms. The number of amides is 2. The van der Waals surface area contributed by atoms with Crippen molar-refractivity contribution in [3.63, 3.8) is 0 Å². The first kappa shape index (κ1) is 21.7. The molecule has 0 N–H and O–H groups in total. The molecule has 1 heterocycles. The van der Waals surface area contributed by atoms with Crippen LogP contribution >= 0.6 is 0 Å². The number of nitrogens with zero attached hydrogens (tertiary/aromatic N) is 4. The minimum atomic E-state index is -4.11. The fourth-order valence-electron chi connectivity index (χ4n) is 3.14. The Balaban J connectivity index is 1.94. The molecule has 2 aromatic rings. The zero-order chi connectivity index (χ0) is 21.9. The van der Waals surface area contributed by atoms with Gasteiger partial charge in [0.15, 0.2) is 0 Å². The number of carbonyl (C=O) groups is 1. The Labute approximate surface area is 175 Å². The topological polar surface area (TPSA) is 104 Å². The lowest BCUT2D eigenvalue weighted by molar-refractivity contribution is -0.384. The second-order valence-corrected chi connectivity index (χ2v) is 9.18. The Bertz CT molecular complexity index is 1010. The summed E-state index contributed by atoms with van der Waals surface area (Å²) in [5, 5.41) is 10.9. The molecule has 0 bridgehead atoms. The van der Waals surface area contributed by atoms with Crippen molar-refractivity contribution in [3.8, 4) is 0 Å². The monoisotopic (exact) mass is 432 g/mol. The number of rotatable bonds is 5. The van der Waals surface area contributed by atoms with Crippen LogP contribution in [0.15, 0.2) is 53.4 Å². The van der Waals surface area contributed by atoms with Crippen LogP contribution in [0.4, 0.5) is 10.5 Å². The number of benzene rings is 2. The normalized spacial score (nSPS) is 15.1. The molecule has 1 fully saturated rings. The predicted octanol–water partition coefficient (Wildman–Crippen LogP) is 2.46. The van der Waals surface area contributed by atoms with Crippen molar-refractivity contribution in [3.05, 3.63) is 69.8 Å². The van der Waals surface area contributed by atoms with Gasteiger partial charge in [0.05, 0.1) is 16.4 Å². The lowest BCUT2D eigenvalue weighted by Crippen LogP contribution is -2.52. The first-order chi connectivity index (χ1) is 14.2. The zero-order valence-corrected chi connectivity index (χ0v) is 17.7. The molecule has 3 rings (SSSR count). The average Bonchev–Trinajstić information content (AvgIpc) is 2.72. The Morgan fingerprint density at radius 2 is 1.60 bits per heavy atom. The van der Waals surface area contributed by atoms with E-state index in [4.69, 9.17) is 0 Å². The van der Waals surface area contributed by atoms with E-state index in [2.05, 4.69) is 4.90 Å². The van der Waals surface area contributed by atoms with Crippen LogP contribution < -0.4 is 0 Å². The SMILES string of the molecule is Cc1ccc(S(=O)(=O)N(Cc2ccc([N+](=O)[O-])cc2)C(=O)N2CCN(C)CC2)cc1. The number of nitro benzene ring substituents is 1. The molecule has 0 saturated carbocycles. The third kappa shape index (κ3) is 4.77. The highest BCUT2D eigenvalue weighted by molar-refractivity contribution is 7.89. The van der Waals surface area contributed by atoms with Gasteiger partial charge in [-0.3, -0.25) is 10.1 Å². The molecule has 1 aliphatic rings. The second kappa shape index (κ2) is 8.80. The maximum Gasteiger partial charge on any atom is 0.334 e. The van der Waals surface area contributed by atoms with Crippen molar-refractivity contribution in [2.24, 2.45) is 0 Å². The highest BCUT2D eigenvalue weighted by atomic mass is 32.2. The summed E-state index contributed by atoms with van der Waals surface area (Å²) in [5.74, 6) is 0. The summed E-state index contributed by atoms with van der Waals surface area (Å²) < 4.78 is 27.5. The number of urea groups is 1. The highest BCUT2D eigenvalue weighted by Gasteiger charge is 2.34. The van der Waals surface area contributed by atoms with E-state index >= 15 is 0 Å². The van der Waals surface area contributed by atoms with Gasteiger partial charge in [-0.1, -0.05) is 29.8 Å². The summed E-state index contributed by atoms with van der Waals surface area (Å²) in [6.07, 6.45) is 0. The van der Waals surface area contributed by atoms with E-state index in [1.54, 1.807) is 12.1 Å². The summed E-state index contributed by atoms with van der Waals surface area (Å²) in [4.78, 5) is 27.2. The first-order valence-electron chi connectivity index (χ1n) is 9.48. The molecule has 2 amide bonds. The van der Waals surface area contributed by atoms with Crippen LogP contribution in [0.2, 0.25) is 0 Å². The van der Waals surface area contributed by atoms with E-state index in [1.807, 2.05) is 14.0 Å². The van der Waals surface area contributed by atoms with Gasteiger partial charge in [-0.15, -0.1) is 0 Å². The molecule has 9 nitrogen and oxygen atoms in total. The van der Waals surface area contributed by atoms with Gasteiger partial charge in [0.2, 0.25) is 0 Å². The minimum Gasteiger partial charge on any atom is -0.321 e. The number of hydrogen-bond acceptors (Lipinski definition) is 6. The number of piperazine rings is 1. The van der Waals surface area contributed by atoms with Gasteiger partial charge in [0.25, 0.3) is 15.7 Å². The highest BCUT2D eigenvalue weighted by Crippen LogP contribution is 2.22. The van der Waals surface area contributed by atoms with Gasteiger partial charge in [-0.05, 0) is 31.7 Å². The maximum atomic E-state index is 13.3. The van der Waals surface area contributed by atoms with Crippen LogP contribution in [-0.4, -0.2) is 66.7 Å². The number of non-ortho nitro benzene ring substituents is 1. The van der Waals surface area contributed by atoms with Crippen molar-refractivity contribution >= 4 is 21.7 Å². The largest absolute Gasteiger partial charge is 0.334 e. The molecule has 30 heavy (non-hydrogen) atoms. The van der Waals surface area contributed by atoms with Gasteiger partial charge in [-0.2, -0.15) is 0 Å². The summed E-state index contributed by atoms with van der Waals surface area (Å²) in [7, 11) is -2.17. The molecule has 0 atom stereocenters. The molecule has 1 aliphatic heterocycles. The number of hydrogen-bond donors (Lipinski definition) is 0. The van der Waals surface area contributed by atoms with Crippen LogP contribution in [0.5, 0.6) is 0 Å². The van der Waals surface area contributed by atoms with Gasteiger partial charge in [0.1, 0.15) is 0 Å². The van der Waals surface area contributed by atoms with E-state index in [0.29, 0.717) is 31.7 Å². The van der Waals surface area contributed by atoms with Gasteiger partial charge < -0.3 is 9.80 Å². The predicted molar refractivity (Wildman–Crippen MR) is 111 cm³/mol. The van der Waals surface area contributed by atoms with Crippen molar-refractivity contribution in [2.75, 3.05) is 33.2 Å². The fraction of sp³-hybridized carbons (Fsp3) is 0.350. The third-order valence-corrected chi connectivity index (χ3v) is 6.80. The molecule has 0 unspecified atom stereocenters. The van der Waals surface area contributed by atoms with Crippen molar-refractivity contribution in [1.82, 2.24) is 14.1 Å². The smallest absolute Gasteiger partial charge is 0.321 e. The standard InChI is InChI=1S/C20H24N4O5S/c1-16-3-9-19(10-4-16)30(28,29)23(20(25)22-13-11-21(2)12-14-22)15-17-5-7-18(8-6-17)24(26)27/h3-10H,11-15H2,1-2H3. The van der Waals surface area contributed by atoms with Gasteiger partial charge >= 0.3 is 6.03 Å². The molecular weight excluding hydrogens is 408 g/mol. The lowest BCUT2D eigenvalue weighted by atomic mass is 10.2. The van der Waals surface area contributed by atoms with Crippen molar-refractivity contribution < 1.29 is 18.1 Å². The van der Waals surface area contributed by atoms with E-state index in [9.17, 15) is 23.3 Å². The van der Waals surface area contributed by atoms with E-state index < -0.39 is 21.0 Å². The Morgan fingerprint density at radius 3 is 2.13 bits per heavy atom. The van der Waals surface area contributed by atoms with E-state index in [-0.39, 0.29) is 17.1 Å². The van der Waals surface area contributed by atoms with E-state index in [1.165, 1.54) is 41.3 Å². The van der Waals surface area contributed by atoms with Crippen LogP contribution in [0.3, 0.4) is 0 Å². The minimum absolute atomic E-state index is 0.0255. The Kier molecular flexibility index (Phi) is 6.37. The molecule has 0 radical (unpaired) electrons. The number of likely N-dealkylation sites (N-methyl/N-ethyl adjacent to an activating group) is 1. The quantitative estimate of drug-likeness (QED) is 0.531. The number of aryl methyl sites for hydroxylation is 1. The zero-order valence-electron chi connectivity index (χ0n) is 16.9. The fourth-order valence-corrected chi connectivity index (χ4v) is 4.51. The maximum absolute atomic E-state index is 13.3. The summed E-state index contributed by atoms with van der Waals surface area (Å²) in [5.41, 5.74) is 1.29. The summed E-state index contributed by atoms with van der Waals surface area (Å²) in [6, 6.07) is 11.2. The average molecular weight is 433 g/mol. The van der Waals surface area contributed by atoms with Crippen LogP contribution in [-0.2, 0) is 16.6 Å². The second-order valence-electron chi connectivity index (χ2n) is 7.32. The number of carbonyl (C=O) groups excluding carboxylic acids is 1. The lowest BCUT2D eigenvalue weighted by Gasteiger charge is -2.35. The molecular formula is C20H24N4O5S.